The third-order valence-corrected chi connectivity index (χ3v) is 9.22. The lowest BCUT2D eigenvalue weighted by molar-refractivity contribution is -0.119. The highest BCUT2D eigenvalue weighted by atomic mass is 32.2. The molecule has 0 saturated carbocycles. The molecule has 0 aliphatic carbocycles. The van der Waals surface area contributed by atoms with Crippen LogP contribution in [0.1, 0.15) is 45.2 Å². The molecule has 1 N–H and O–H groups in total. The van der Waals surface area contributed by atoms with Crippen LogP contribution < -0.4 is 10.1 Å². The van der Waals surface area contributed by atoms with Crippen molar-refractivity contribution >= 4 is 15.9 Å². The highest BCUT2D eigenvalue weighted by Gasteiger charge is 2.42. The first kappa shape index (κ1) is 25.9. The van der Waals surface area contributed by atoms with E-state index in [1.807, 2.05) is 25.9 Å². The molecule has 1 amide bonds. The van der Waals surface area contributed by atoms with Crippen LogP contribution in [0.5, 0.6) is 5.75 Å². The van der Waals surface area contributed by atoms with E-state index in [9.17, 15) is 13.2 Å². The van der Waals surface area contributed by atoms with Crippen molar-refractivity contribution in [1.29, 1.82) is 0 Å². The highest BCUT2D eigenvalue weighted by molar-refractivity contribution is 7.89. The maximum atomic E-state index is 13.5. The zero-order valence-corrected chi connectivity index (χ0v) is 22.4. The van der Waals surface area contributed by atoms with Crippen LogP contribution in [0.25, 0.3) is 0 Å². The Labute approximate surface area is 209 Å². The van der Waals surface area contributed by atoms with E-state index in [-0.39, 0.29) is 17.0 Å². The molecule has 9 nitrogen and oxygen atoms in total. The molecule has 0 radical (unpaired) electrons. The van der Waals surface area contributed by atoms with Gasteiger partial charge in [0.15, 0.2) is 0 Å². The van der Waals surface area contributed by atoms with Crippen LogP contribution in [0, 0.1) is 0 Å². The predicted octanol–water partition coefficient (Wildman–Crippen LogP) is 1.84. The summed E-state index contributed by atoms with van der Waals surface area (Å²) in [6, 6.07) is 4.66. The van der Waals surface area contributed by atoms with Gasteiger partial charge in [0.25, 0.3) is 5.91 Å². The van der Waals surface area contributed by atoms with Gasteiger partial charge in [-0.05, 0) is 50.6 Å². The van der Waals surface area contributed by atoms with Gasteiger partial charge < -0.3 is 19.9 Å². The summed E-state index contributed by atoms with van der Waals surface area (Å²) in [5.41, 5.74) is 2.36. The Morgan fingerprint density at radius 1 is 1.09 bits per heavy atom. The lowest BCUT2D eigenvalue weighted by atomic mass is 9.96. The number of nitrogens with zero attached hydrogens (tertiary/aromatic N) is 4. The van der Waals surface area contributed by atoms with Crippen LogP contribution in [0.3, 0.4) is 0 Å². The van der Waals surface area contributed by atoms with Crippen LogP contribution in [0.4, 0.5) is 0 Å². The smallest absolute Gasteiger partial charge is 0.268 e. The number of hydrogen-bond acceptors (Lipinski definition) is 7. The molecule has 3 heterocycles. The molecule has 3 aliphatic rings. The normalized spacial score (nSPS) is 24.6. The Morgan fingerprint density at radius 3 is 2.46 bits per heavy atom. The zero-order valence-electron chi connectivity index (χ0n) is 21.6. The molecule has 2 unspecified atom stereocenters. The molecule has 194 valence electrons. The van der Waals surface area contributed by atoms with Crippen molar-refractivity contribution in [2.24, 2.45) is 0 Å². The molecule has 1 fully saturated rings. The number of sulfonamides is 1. The SMILES string of the molecule is CCCOc1ccc(S(=O)(=O)N2CCN(C)CC2)cc1C1NC(=O)C2=C1CN(CCC)C(C)N2C. The van der Waals surface area contributed by atoms with Crippen molar-refractivity contribution in [1.82, 2.24) is 24.3 Å². The fourth-order valence-corrected chi connectivity index (χ4v) is 6.61. The molecule has 4 rings (SSSR count). The molecule has 3 aliphatic heterocycles. The number of likely N-dealkylation sites (N-methyl/N-ethyl adjacent to an activating group) is 2. The molecule has 1 aromatic rings. The molecular formula is C25H39N5O4S. The molecule has 1 saturated heterocycles. The summed E-state index contributed by atoms with van der Waals surface area (Å²) >= 11 is 0. The number of amides is 1. The maximum Gasteiger partial charge on any atom is 0.268 e. The highest BCUT2D eigenvalue weighted by Crippen LogP contribution is 2.41. The molecule has 1 aromatic carbocycles. The van der Waals surface area contributed by atoms with Crippen LogP contribution in [-0.4, -0.2) is 99.5 Å². The monoisotopic (exact) mass is 505 g/mol. The Morgan fingerprint density at radius 2 is 1.80 bits per heavy atom. The Hall–Kier alpha value is -2.14. The zero-order chi connectivity index (χ0) is 25.3. The van der Waals surface area contributed by atoms with Gasteiger partial charge in [0.2, 0.25) is 10.0 Å². The molecule has 10 heteroatoms. The van der Waals surface area contributed by atoms with Crippen molar-refractivity contribution in [2.75, 3.05) is 60.0 Å². The van der Waals surface area contributed by atoms with E-state index in [0.717, 1.165) is 25.0 Å². The minimum absolute atomic E-state index is 0.109. The summed E-state index contributed by atoms with van der Waals surface area (Å²) in [4.78, 5) is 19.8. The van der Waals surface area contributed by atoms with E-state index in [0.29, 0.717) is 56.3 Å². The van der Waals surface area contributed by atoms with Crippen molar-refractivity contribution in [3.8, 4) is 5.75 Å². The molecule has 0 bridgehead atoms. The maximum absolute atomic E-state index is 13.5. The van der Waals surface area contributed by atoms with Gasteiger partial charge in [0.1, 0.15) is 11.4 Å². The second-order valence-corrected chi connectivity index (χ2v) is 11.7. The fraction of sp³-hybridized carbons (Fsp3) is 0.640. The molecule has 0 spiro atoms. The average molecular weight is 506 g/mol. The number of carbonyl (C=O) groups excluding carboxylic acids is 1. The molecule has 0 aromatic heterocycles. The third-order valence-electron chi connectivity index (χ3n) is 7.32. The van der Waals surface area contributed by atoms with Gasteiger partial charge in [-0.2, -0.15) is 4.31 Å². The minimum Gasteiger partial charge on any atom is -0.493 e. The van der Waals surface area contributed by atoms with Gasteiger partial charge in [-0.25, -0.2) is 8.42 Å². The number of benzene rings is 1. The Bertz CT molecular complexity index is 1080. The molecule has 35 heavy (non-hydrogen) atoms. The van der Waals surface area contributed by atoms with Gasteiger partial charge in [0.05, 0.1) is 23.7 Å². The quantitative estimate of drug-likeness (QED) is 0.577. The van der Waals surface area contributed by atoms with Crippen molar-refractivity contribution in [2.45, 2.75) is 50.7 Å². The summed E-state index contributed by atoms with van der Waals surface area (Å²) in [7, 11) is 0.296. The van der Waals surface area contributed by atoms with Gasteiger partial charge in [-0.3, -0.25) is 9.69 Å². The van der Waals surface area contributed by atoms with Crippen molar-refractivity contribution in [3.05, 3.63) is 35.0 Å². The summed E-state index contributed by atoms with van der Waals surface area (Å²) in [5, 5.41) is 3.13. The van der Waals surface area contributed by atoms with E-state index in [1.165, 1.54) is 0 Å². The van der Waals surface area contributed by atoms with Crippen molar-refractivity contribution < 1.29 is 17.9 Å². The van der Waals surface area contributed by atoms with E-state index < -0.39 is 16.1 Å². The van der Waals surface area contributed by atoms with Crippen LogP contribution in [-0.2, 0) is 14.8 Å². The topological polar surface area (TPSA) is 85.4 Å². The number of piperazine rings is 1. The Balaban J connectivity index is 1.75. The van der Waals surface area contributed by atoms with E-state index in [1.54, 1.807) is 22.5 Å². The number of hydrogen-bond donors (Lipinski definition) is 1. The number of ether oxygens (including phenoxy) is 1. The first-order valence-electron chi connectivity index (χ1n) is 12.6. The minimum atomic E-state index is -3.66. The summed E-state index contributed by atoms with van der Waals surface area (Å²) in [5.74, 6) is 0.496. The van der Waals surface area contributed by atoms with E-state index in [2.05, 4.69) is 29.0 Å². The lowest BCUT2D eigenvalue weighted by Gasteiger charge is -2.41. The van der Waals surface area contributed by atoms with Crippen LogP contribution in [0.2, 0.25) is 0 Å². The summed E-state index contributed by atoms with van der Waals surface area (Å²) < 4.78 is 34.6. The Kier molecular flexibility index (Phi) is 7.75. The largest absolute Gasteiger partial charge is 0.493 e. The predicted molar refractivity (Wildman–Crippen MR) is 135 cm³/mol. The van der Waals surface area contributed by atoms with Crippen molar-refractivity contribution in [3.63, 3.8) is 0 Å². The van der Waals surface area contributed by atoms with Crippen LogP contribution in [0.15, 0.2) is 34.4 Å². The van der Waals surface area contributed by atoms with E-state index in [4.69, 9.17) is 4.74 Å². The van der Waals surface area contributed by atoms with Gasteiger partial charge in [-0.1, -0.05) is 13.8 Å². The van der Waals surface area contributed by atoms with Gasteiger partial charge in [0, 0.05) is 51.9 Å². The molecular weight excluding hydrogens is 466 g/mol. The number of nitrogens with one attached hydrogen (secondary N) is 1. The third kappa shape index (κ3) is 4.94. The van der Waals surface area contributed by atoms with Gasteiger partial charge >= 0.3 is 0 Å². The summed E-state index contributed by atoms with van der Waals surface area (Å²) in [6.45, 7) is 10.7. The summed E-state index contributed by atoms with van der Waals surface area (Å²) in [6.07, 6.45) is 1.95. The number of rotatable bonds is 8. The van der Waals surface area contributed by atoms with Crippen LogP contribution >= 0.6 is 0 Å². The fourth-order valence-electron chi connectivity index (χ4n) is 5.16. The average Bonchev–Trinajstić information content (AvgIpc) is 3.17. The standard InChI is InChI=1S/C25H39N5O4S/c1-6-10-29-17-21-23(26-25(31)24(21)28(5)18(29)3)20-16-19(8-9-22(20)34-15-7-2)35(32,33)30-13-11-27(4)12-14-30/h8-9,16,18,23H,6-7,10-15,17H2,1-5H3,(H,26,31). The molecule has 2 atom stereocenters. The van der Waals surface area contributed by atoms with E-state index >= 15 is 0 Å². The lowest BCUT2D eigenvalue weighted by Crippen LogP contribution is -2.50. The second-order valence-electron chi connectivity index (χ2n) is 9.75. The first-order chi connectivity index (χ1) is 16.7. The van der Waals surface area contributed by atoms with Gasteiger partial charge in [-0.15, -0.1) is 0 Å². The second kappa shape index (κ2) is 10.5. The first-order valence-corrected chi connectivity index (χ1v) is 14.1. The number of carbonyl (C=O) groups is 1.